The molecule has 0 saturated carbocycles. The first-order valence-electron chi connectivity index (χ1n) is 9.43. The average molecular weight is 393 g/mol. The van der Waals surface area contributed by atoms with Crippen molar-refractivity contribution >= 4 is 6.09 Å². The Morgan fingerprint density at radius 3 is 2.46 bits per heavy atom. The van der Waals surface area contributed by atoms with Crippen LogP contribution in [-0.2, 0) is 18.9 Å². The molecular weight excluding hydrogens is 362 g/mol. The number of nitrogens with zero attached hydrogens (tertiary/aromatic N) is 1. The van der Waals surface area contributed by atoms with Gasteiger partial charge in [0.05, 0.1) is 12.1 Å². The van der Waals surface area contributed by atoms with Gasteiger partial charge in [-0.3, -0.25) is 4.90 Å². The van der Waals surface area contributed by atoms with Gasteiger partial charge in [-0.05, 0) is 39.3 Å². The van der Waals surface area contributed by atoms with Gasteiger partial charge in [-0.15, -0.1) is 0 Å². The van der Waals surface area contributed by atoms with Crippen molar-refractivity contribution in [1.82, 2.24) is 4.90 Å². The molecule has 0 aromatic heterocycles. The summed E-state index contributed by atoms with van der Waals surface area (Å²) in [5, 5.41) is 10.8. The topological polar surface area (TPSA) is 77.5 Å². The summed E-state index contributed by atoms with van der Waals surface area (Å²) >= 11 is 0. The molecule has 1 aromatic rings. The van der Waals surface area contributed by atoms with Crippen molar-refractivity contribution in [3.63, 3.8) is 0 Å². The highest BCUT2D eigenvalue weighted by molar-refractivity contribution is 5.70. The normalized spacial score (nSPS) is 23.5. The van der Waals surface area contributed by atoms with Crippen molar-refractivity contribution in [3.8, 4) is 0 Å². The van der Waals surface area contributed by atoms with Crippen LogP contribution in [0.1, 0.15) is 39.4 Å². The van der Waals surface area contributed by atoms with E-state index in [4.69, 9.17) is 18.9 Å². The molecular formula is C21H31NO6. The van der Waals surface area contributed by atoms with Gasteiger partial charge in [0, 0.05) is 13.7 Å². The number of ether oxygens (including phenoxy) is 4. The maximum atomic E-state index is 13.1. The number of aliphatic hydroxyl groups is 1. The lowest BCUT2D eigenvalue weighted by Gasteiger charge is -2.44. The highest BCUT2D eigenvalue weighted by Crippen LogP contribution is 2.33. The molecule has 0 saturated heterocycles. The minimum Gasteiger partial charge on any atom is -0.444 e. The molecule has 156 valence electrons. The van der Waals surface area contributed by atoms with Crippen LogP contribution < -0.4 is 0 Å². The second-order valence-corrected chi connectivity index (χ2v) is 7.50. The highest BCUT2D eigenvalue weighted by atomic mass is 16.7. The summed E-state index contributed by atoms with van der Waals surface area (Å²) in [6.45, 7) is 7.63. The summed E-state index contributed by atoms with van der Waals surface area (Å²) in [5.74, 6) is 0. The van der Waals surface area contributed by atoms with Gasteiger partial charge in [0.2, 0.25) is 0 Å². The number of carbonyl (C=O) groups is 1. The van der Waals surface area contributed by atoms with Gasteiger partial charge in [0.15, 0.2) is 6.23 Å². The van der Waals surface area contributed by atoms with Crippen LogP contribution in [0, 0.1) is 0 Å². The zero-order valence-electron chi connectivity index (χ0n) is 17.2. The summed E-state index contributed by atoms with van der Waals surface area (Å²) in [6, 6.07) is 8.66. The number of rotatable bonds is 7. The van der Waals surface area contributed by atoms with Gasteiger partial charge in [-0.1, -0.05) is 36.4 Å². The maximum Gasteiger partial charge on any atom is 0.413 e. The molecule has 1 unspecified atom stereocenters. The zero-order valence-corrected chi connectivity index (χ0v) is 17.2. The average Bonchev–Trinajstić information content (AvgIpc) is 2.63. The van der Waals surface area contributed by atoms with Crippen LogP contribution in [0.3, 0.4) is 0 Å². The second-order valence-electron chi connectivity index (χ2n) is 7.50. The molecule has 1 heterocycles. The van der Waals surface area contributed by atoms with E-state index < -0.39 is 36.2 Å². The van der Waals surface area contributed by atoms with Crippen LogP contribution in [0.25, 0.3) is 0 Å². The van der Waals surface area contributed by atoms with Gasteiger partial charge in [-0.25, -0.2) is 4.79 Å². The lowest BCUT2D eigenvalue weighted by atomic mass is 9.93. The van der Waals surface area contributed by atoms with Crippen LogP contribution in [0.5, 0.6) is 0 Å². The van der Waals surface area contributed by atoms with Crippen molar-refractivity contribution in [1.29, 1.82) is 0 Å². The molecule has 0 spiro atoms. The lowest BCUT2D eigenvalue weighted by Crippen LogP contribution is -2.58. The summed E-state index contributed by atoms with van der Waals surface area (Å²) in [6.07, 6.45) is 0.417. The summed E-state index contributed by atoms with van der Waals surface area (Å²) in [7, 11) is 1.52. The Morgan fingerprint density at radius 1 is 1.21 bits per heavy atom. The smallest absolute Gasteiger partial charge is 0.413 e. The summed E-state index contributed by atoms with van der Waals surface area (Å²) in [5.41, 5.74) is 0.114. The van der Waals surface area contributed by atoms with E-state index in [0.29, 0.717) is 6.61 Å². The molecule has 0 fully saturated rings. The van der Waals surface area contributed by atoms with Crippen LogP contribution >= 0.6 is 0 Å². The third kappa shape index (κ3) is 5.78. The standard InChI is InChI=1S/C21H31NO6/c1-6-26-17-13-12-16(23)18(22(17)20(24)28-21(2,3)4)19(27-14-25-5)15-10-8-7-9-11-15/h7-13,16-19,23H,6,14H2,1-5H3/t16-,17?,18+,19-/m1/s1. The molecule has 7 heteroatoms. The van der Waals surface area contributed by atoms with Gasteiger partial charge >= 0.3 is 6.09 Å². The summed E-state index contributed by atoms with van der Waals surface area (Å²) in [4.78, 5) is 14.5. The number of hydrogen-bond acceptors (Lipinski definition) is 6. The molecule has 4 atom stereocenters. The fraction of sp³-hybridized carbons (Fsp3) is 0.571. The van der Waals surface area contributed by atoms with Crippen molar-refractivity contribution in [3.05, 3.63) is 48.0 Å². The zero-order chi connectivity index (χ0) is 20.7. The molecule has 0 aliphatic carbocycles. The van der Waals surface area contributed by atoms with E-state index in [9.17, 15) is 9.90 Å². The molecule has 1 aromatic carbocycles. The Morgan fingerprint density at radius 2 is 1.89 bits per heavy atom. The molecule has 28 heavy (non-hydrogen) atoms. The number of amides is 1. The SMILES string of the molecule is CCOC1C=C[C@@H](O)[C@@H]([C@H](OCOC)c2ccccc2)N1C(=O)OC(C)(C)C. The second kappa shape index (κ2) is 10.0. The molecule has 0 bridgehead atoms. The lowest BCUT2D eigenvalue weighted by molar-refractivity contribution is -0.147. The van der Waals surface area contributed by atoms with E-state index in [0.717, 1.165) is 5.56 Å². The van der Waals surface area contributed by atoms with Crippen LogP contribution in [-0.4, -0.2) is 60.6 Å². The Bertz CT molecular complexity index is 642. The summed E-state index contributed by atoms with van der Waals surface area (Å²) < 4.78 is 22.3. The quantitative estimate of drug-likeness (QED) is 0.566. The third-order valence-corrected chi connectivity index (χ3v) is 4.16. The number of carbonyl (C=O) groups excluding carboxylic acids is 1. The molecule has 7 nitrogen and oxygen atoms in total. The van der Waals surface area contributed by atoms with E-state index >= 15 is 0 Å². The first-order chi connectivity index (χ1) is 13.3. The van der Waals surface area contributed by atoms with Crippen molar-refractivity contribution in [2.75, 3.05) is 20.5 Å². The first-order valence-corrected chi connectivity index (χ1v) is 9.43. The molecule has 1 aliphatic rings. The van der Waals surface area contributed by atoms with Gasteiger partial charge < -0.3 is 24.1 Å². The van der Waals surface area contributed by atoms with Gasteiger partial charge in [0.25, 0.3) is 0 Å². The van der Waals surface area contributed by atoms with Crippen LogP contribution in [0.2, 0.25) is 0 Å². The number of hydrogen-bond donors (Lipinski definition) is 1. The van der Waals surface area contributed by atoms with E-state index in [1.54, 1.807) is 32.9 Å². The molecule has 1 N–H and O–H groups in total. The fourth-order valence-corrected chi connectivity index (χ4v) is 3.10. The van der Waals surface area contributed by atoms with Crippen LogP contribution in [0.4, 0.5) is 4.79 Å². The number of benzene rings is 1. The molecule has 2 rings (SSSR count). The van der Waals surface area contributed by atoms with E-state index in [-0.39, 0.29) is 6.79 Å². The molecule has 0 radical (unpaired) electrons. The van der Waals surface area contributed by atoms with E-state index in [1.165, 1.54) is 12.0 Å². The molecule has 1 amide bonds. The van der Waals surface area contributed by atoms with Gasteiger partial charge in [0.1, 0.15) is 18.5 Å². The monoisotopic (exact) mass is 393 g/mol. The Kier molecular flexibility index (Phi) is 8.00. The van der Waals surface area contributed by atoms with Crippen LogP contribution in [0.15, 0.2) is 42.5 Å². The highest BCUT2D eigenvalue weighted by Gasteiger charge is 2.44. The van der Waals surface area contributed by atoms with Crippen molar-refractivity contribution in [2.45, 2.75) is 57.8 Å². The van der Waals surface area contributed by atoms with E-state index in [2.05, 4.69) is 0 Å². The largest absolute Gasteiger partial charge is 0.444 e. The predicted molar refractivity (Wildman–Crippen MR) is 105 cm³/mol. The maximum absolute atomic E-state index is 13.1. The predicted octanol–water partition coefficient (Wildman–Crippen LogP) is 3.25. The Labute approximate surface area is 166 Å². The van der Waals surface area contributed by atoms with Gasteiger partial charge in [-0.2, -0.15) is 0 Å². The Balaban J connectivity index is 2.46. The third-order valence-electron chi connectivity index (χ3n) is 4.16. The Hall–Kier alpha value is -1.93. The minimum atomic E-state index is -0.966. The molecule has 1 aliphatic heterocycles. The fourth-order valence-electron chi connectivity index (χ4n) is 3.10. The number of aliphatic hydroxyl groups excluding tert-OH is 1. The van der Waals surface area contributed by atoms with Crippen molar-refractivity contribution < 1.29 is 28.8 Å². The number of methoxy groups -OCH3 is 1. The minimum absolute atomic E-state index is 0.00789. The first kappa shape index (κ1) is 22.4. The van der Waals surface area contributed by atoms with E-state index in [1.807, 2.05) is 37.3 Å². The van der Waals surface area contributed by atoms with Crippen molar-refractivity contribution in [2.24, 2.45) is 0 Å².